The monoisotopic (exact) mass is 399 g/mol. The number of methoxy groups -OCH3 is 1. The van der Waals surface area contributed by atoms with E-state index in [0.29, 0.717) is 31.3 Å². The highest BCUT2D eigenvalue weighted by Crippen LogP contribution is 2.26. The standard InChI is InChI=1S/C21H29N5O3/c1-4-5-9-22-21(27)26-11-10-25(14-16(26)2)19-13-20(24-15-23-19)29-18-8-6-7-17(12-18)28-3/h6-8,12-13,15-16H,4-5,9-11,14H2,1-3H3,(H,22,27). The molecule has 1 unspecified atom stereocenters. The number of unbranched alkanes of at least 4 members (excludes halogenated alkanes) is 1. The summed E-state index contributed by atoms with van der Waals surface area (Å²) in [6, 6.07) is 9.30. The van der Waals surface area contributed by atoms with Gasteiger partial charge in [0.25, 0.3) is 0 Å². The van der Waals surface area contributed by atoms with Gasteiger partial charge in [-0.25, -0.2) is 14.8 Å². The van der Waals surface area contributed by atoms with Crippen LogP contribution >= 0.6 is 0 Å². The molecule has 1 aliphatic rings. The van der Waals surface area contributed by atoms with Crippen LogP contribution in [0.2, 0.25) is 0 Å². The van der Waals surface area contributed by atoms with Crippen molar-refractivity contribution in [2.24, 2.45) is 0 Å². The lowest BCUT2D eigenvalue weighted by molar-refractivity contribution is 0.171. The van der Waals surface area contributed by atoms with Gasteiger partial charge in [-0.2, -0.15) is 0 Å². The molecule has 3 rings (SSSR count). The second kappa shape index (κ2) is 9.95. The molecule has 0 spiro atoms. The summed E-state index contributed by atoms with van der Waals surface area (Å²) in [5.74, 6) is 2.63. The Balaban J connectivity index is 1.61. The molecule has 1 aromatic heterocycles. The van der Waals surface area contributed by atoms with Gasteiger partial charge in [0.1, 0.15) is 23.6 Å². The first kappa shape index (κ1) is 20.7. The molecule has 0 bridgehead atoms. The van der Waals surface area contributed by atoms with Crippen molar-refractivity contribution in [2.75, 3.05) is 38.2 Å². The highest BCUT2D eigenvalue weighted by Gasteiger charge is 2.28. The molecule has 0 radical (unpaired) electrons. The van der Waals surface area contributed by atoms with Crippen LogP contribution in [0, 0.1) is 0 Å². The van der Waals surface area contributed by atoms with Crippen molar-refractivity contribution in [1.82, 2.24) is 20.2 Å². The van der Waals surface area contributed by atoms with E-state index in [1.807, 2.05) is 29.2 Å². The average molecular weight is 399 g/mol. The van der Waals surface area contributed by atoms with Crippen molar-refractivity contribution in [2.45, 2.75) is 32.7 Å². The third-order valence-electron chi connectivity index (χ3n) is 4.91. The normalized spacial score (nSPS) is 16.4. The van der Waals surface area contributed by atoms with Gasteiger partial charge >= 0.3 is 6.03 Å². The van der Waals surface area contributed by atoms with E-state index in [4.69, 9.17) is 9.47 Å². The van der Waals surface area contributed by atoms with Crippen LogP contribution in [0.1, 0.15) is 26.7 Å². The van der Waals surface area contributed by atoms with E-state index < -0.39 is 0 Å². The third-order valence-corrected chi connectivity index (χ3v) is 4.91. The van der Waals surface area contributed by atoms with E-state index in [-0.39, 0.29) is 12.1 Å². The Bertz CT molecular complexity index is 816. The van der Waals surface area contributed by atoms with Crippen LogP contribution in [-0.2, 0) is 0 Å². The molecule has 2 aromatic rings. The molecule has 156 valence electrons. The predicted octanol–water partition coefficient (Wildman–Crippen LogP) is 3.30. The molecule has 29 heavy (non-hydrogen) atoms. The number of hydrogen-bond donors (Lipinski definition) is 1. The average Bonchev–Trinajstić information content (AvgIpc) is 2.74. The van der Waals surface area contributed by atoms with E-state index in [0.717, 1.165) is 31.0 Å². The van der Waals surface area contributed by atoms with Crippen LogP contribution in [0.5, 0.6) is 17.4 Å². The molecule has 1 saturated heterocycles. The quantitative estimate of drug-likeness (QED) is 0.720. The minimum absolute atomic E-state index is 0.00957. The Labute approximate surface area is 171 Å². The number of hydrogen-bond acceptors (Lipinski definition) is 6. The van der Waals surface area contributed by atoms with Gasteiger partial charge in [-0.05, 0) is 25.5 Å². The lowest BCUT2D eigenvalue weighted by Gasteiger charge is -2.40. The second-order valence-corrected chi connectivity index (χ2v) is 7.07. The molecule has 1 atom stereocenters. The number of carbonyl (C=O) groups excluding carboxylic acids is 1. The van der Waals surface area contributed by atoms with Gasteiger partial charge in [0.05, 0.1) is 7.11 Å². The van der Waals surface area contributed by atoms with Crippen LogP contribution < -0.4 is 19.7 Å². The second-order valence-electron chi connectivity index (χ2n) is 7.07. The van der Waals surface area contributed by atoms with Gasteiger partial charge in [-0.3, -0.25) is 0 Å². The van der Waals surface area contributed by atoms with Gasteiger partial charge in [-0.15, -0.1) is 0 Å². The number of ether oxygens (including phenoxy) is 2. The van der Waals surface area contributed by atoms with E-state index >= 15 is 0 Å². The molecular weight excluding hydrogens is 370 g/mol. The van der Waals surface area contributed by atoms with Crippen LogP contribution in [0.3, 0.4) is 0 Å². The maximum Gasteiger partial charge on any atom is 0.317 e. The Morgan fingerprint density at radius 2 is 2.07 bits per heavy atom. The summed E-state index contributed by atoms with van der Waals surface area (Å²) >= 11 is 0. The van der Waals surface area contributed by atoms with Crippen LogP contribution in [-0.4, -0.2) is 60.2 Å². The summed E-state index contributed by atoms with van der Waals surface area (Å²) in [5.41, 5.74) is 0. The molecular formula is C21H29N5O3. The number of piperazine rings is 1. The number of nitrogens with zero attached hydrogens (tertiary/aromatic N) is 4. The molecule has 1 N–H and O–H groups in total. The zero-order chi connectivity index (χ0) is 20.6. The SMILES string of the molecule is CCCCNC(=O)N1CCN(c2cc(Oc3cccc(OC)c3)ncn2)CC1C. The van der Waals surface area contributed by atoms with E-state index in [1.54, 1.807) is 13.2 Å². The minimum atomic E-state index is 0.00957. The maximum absolute atomic E-state index is 12.4. The van der Waals surface area contributed by atoms with E-state index in [2.05, 4.69) is 34.0 Å². The summed E-state index contributed by atoms with van der Waals surface area (Å²) in [4.78, 5) is 25.0. The van der Waals surface area contributed by atoms with Gasteiger partial charge in [0.2, 0.25) is 5.88 Å². The van der Waals surface area contributed by atoms with Crippen molar-refractivity contribution >= 4 is 11.8 Å². The summed E-state index contributed by atoms with van der Waals surface area (Å²) in [5, 5.41) is 3.00. The van der Waals surface area contributed by atoms with Crippen LogP contribution in [0.25, 0.3) is 0 Å². The number of amides is 2. The summed E-state index contributed by atoms with van der Waals surface area (Å²) in [6.07, 6.45) is 3.56. The highest BCUT2D eigenvalue weighted by atomic mass is 16.5. The van der Waals surface area contributed by atoms with Crippen LogP contribution in [0.15, 0.2) is 36.7 Å². The molecule has 1 aromatic carbocycles. The zero-order valence-electron chi connectivity index (χ0n) is 17.3. The van der Waals surface area contributed by atoms with Crippen molar-refractivity contribution in [1.29, 1.82) is 0 Å². The zero-order valence-corrected chi connectivity index (χ0v) is 17.3. The van der Waals surface area contributed by atoms with Crippen molar-refractivity contribution in [3.63, 3.8) is 0 Å². The smallest absolute Gasteiger partial charge is 0.317 e. The molecule has 2 heterocycles. The first-order valence-electron chi connectivity index (χ1n) is 10.0. The fourth-order valence-corrected chi connectivity index (χ4v) is 3.29. The Morgan fingerprint density at radius 3 is 2.83 bits per heavy atom. The van der Waals surface area contributed by atoms with E-state index in [9.17, 15) is 4.79 Å². The largest absolute Gasteiger partial charge is 0.497 e. The first-order chi connectivity index (χ1) is 14.1. The maximum atomic E-state index is 12.4. The fraction of sp³-hybridized carbons (Fsp3) is 0.476. The Hall–Kier alpha value is -3.03. The van der Waals surface area contributed by atoms with Crippen molar-refractivity contribution in [3.8, 4) is 17.4 Å². The number of rotatable bonds is 7. The molecule has 8 nitrogen and oxygen atoms in total. The number of carbonyl (C=O) groups is 1. The number of benzene rings is 1. The lowest BCUT2D eigenvalue weighted by Crippen LogP contribution is -2.56. The van der Waals surface area contributed by atoms with Crippen molar-refractivity contribution < 1.29 is 14.3 Å². The first-order valence-corrected chi connectivity index (χ1v) is 10.0. The summed E-state index contributed by atoms with van der Waals surface area (Å²) < 4.78 is 11.1. The Morgan fingerprint density at radius 1 is 1.24 bits per heavy atom. The van der Waals surface area contributed by atoms with Crippen molar-refractivity contribution in [3.05, 3.63) is 36.7 Å². The predicted molar refractivity (Wildman–Crippen MR) is 112 cm³/mol. The molecule has 0 saturated carbocycles. The van der Waals surface area contributed by atoms with Gasteiger partial charge in [-0.1, -0.05) is 19.4 Å². The summed E-state index contributed by atoms with van der Waals surface area (Å²) in [6.45, 7) is 6.95. The molecule has 2 amide bonds. The minimum Gasteiger partial charge on any atom is -0.497 e. The molecule has 1 fully saturated rings. The Kier molecular flexibility index (Phi) is 7.10. The van der Waals surface area contributed by atoms with E-state index in [1.165, 1.54) is 6.33 Å². The highest BCUT2D eigenvalue weighted by molar-refractivity contribution is 5.75. The van der Waals surface area contributed by atoms with Gasteiger partial charge in [0.15, 0.2) is 0 Å². The molecule has 8 heteroatoms. The number of urea groups is 1. The number of nitrogens with one attached hydrogen (secondary N) is 1. The third kappa shape index (κ3) is 5.49. The van der Waals surface area contributed by atoms with Crippen LogP contribution in [0.4, 0.5) is 10.6 Å². The summed E-state index contributed by atoms with van der Waals surface area (Å²) in [7, 11) is 1.62. The fourth-order valence-electron chi connectivity index (χ4n) is 3.29. The number of aromatic nitrogens is 2. The number of anilines is 1. The molecule has 1 aliphatic heterocycles. The van der Waals surface area contributed by atoms with Gasteiger partial charge in [0, 0.05) is 44.4 Å². The molecule has 0 aliphatic carbocycles. The topological polar surface area (TPSA) is 79.8 Å². The van der Waals surface area contributed by atoms with Gasteiger partial charge < -0.3 is 24.6 Å². The lowest BCUT2D eigenvalue weighted by atomic mass is 10.2.